The van der Waals surface area contributed by atoms with Crippen molar-refractivity contribution in [1.82, 2.24) is 19.7 Å². The van der Waals surface area contributed by atoms with Gasteiger partial charge >= 0.3 is 0 Å². The molecular weight excluding hydrogens is 296 g/mol. The molecule has 0 bridgehead atoms. The van der Waals surface area contributed by atoms with Gasteiger partial charge in [0.15, 0.2) is 5.16 Å². The summed E-state index contributed by atoms with van der Waals surface area (Å²) in [6.07, 6.45) is 1.44. The van der Waals surface area contributed by atoms with E-state index >= 15 is 0 Å². The van der Waals surface area contributed by atoms with Gasteiger partial charge in [-0.25, -0.2) is 4.98 Å². The van der Waals surface area contributed by atoms with Gasteiger partial charge in [0.05, 0.1) is 16.8 Å². The van der Waals surface area contributed by atoms with Gasteiger partial charge in [0.25, 0.3) is 0 Å². The molecule has 0 atom stereocenters. The van der Waals surface area contributed by atoms with E-state index in [0.29, 0.717) is 10.9 Å². The number of carbonyl (C=O) groups is 1. The summed E-state index contributed by atoms with van der Waals surface area (Å²) < 4.78 is 1.79. The maximum Gasteiger partial charge on any atom is 0.242 e. The standard InChI is InChI=1S/C16H12N4OS/c21-15(9-22-16-17-10-18-19-16)20-13-7-3-1-5-11(13)12-6-2-4-8-14(12)20/h1-8,10H,9H2,(H,17,18,19). The number of fused-ring (bicyclic) bond motifs is 3. The summed E-state index contributed by atoms with van der Waals surface area (Å²) in [7, 11) is 0. The van der Waals surface area contributed by atoms with Crippen molar-refractivity contribution < 1.29 is 4.79 Å². The van der Waals surface area contributed by atoms with Crippen molar-refractivity contribution in [2.45, 2.75) is 5.16 Å². The third kappa shape index (κ3) is 2.08. The Morgan fingerprint density at radius 1 is 1.05 bits per heavy atom. The third-order valence-electron chi connectivity index (χ3n) is 3.55. The Hall–Kier alpha value is -2.60. The molecule has 0 unspecified atom stereocenters. The summed E-state index contributed by atoms with van der Waals surface area (Å²) in [5, 5.41) is 9.37. The fourth-order valence-electron chi connectivity index (χ4n) is 2.65. The third-order valence-corrected chi connectivity index (χ3v) is 4.42. The molecule has 0 fully saturated rings. The molecule has 4 rings (SSSR count). The number of nitrogens with one attached hydrogen (secondary N) is 1. The van der Waals surface area contributed by atoms with Crippen molar-refractivity contribution in [3.8, 4) is 0 Å². The van der Waals surface area contributed by atoms with Crippen LogP contribution in [0.15, 0.2) is 60.0 Å². The number of nitrogens with zero attached hydrogens (tertiary/aromatic N) is 3. The van der Waals surface area contributed by atoms with Crippen LogP contribution >= 0.6 is 11.8 Å². The first-order chi connectivity index (χ1) is 10.8. The average Bonchev–Trinajstić information content (AvgIpc) is 3.18. The molecule has 1 N–H and O–H groups in total. The largest absolute Gasteiger partial charge is 0.279 e. The van der Waals surface area contributed by atoms with Gasteiger partial charge in [-0.05, 0) is 12.1 Å². The SMILES string of the molecule is O=C(CSc1ncn[nH]1)n1c2ccccc2c2ccccc21. The number of aromatic nitrogens is 4. The highest BCUT2D eigenvalue weighted by Crippen LogP contribution is 2.29. The molecule has 5 nitrogen and oxygen atoms in total. The van der Waals surface area contributed by atoms with Crippen molar-refractivity contribution in [2.24, 2.45) is 0 Å². The van der Waals surface area contributed by atoms with Crippen LogP contribution in [0.2, 0.25) is 0 Å². The number of H-pyrrole nitrogens is 1. The normalized spacial score (nSPS) is 11.3. The van der Waals surface area contributed by atoms with Crippen LogP contribution in [0.25, 0.3) is 21.8 Å². The second kappa shape index (κ2) is 5.31. The zero-order chi connectivity index (χ0) is 14.9. The van der Waals surface area contributed by atoms with Crippen molar-refractivity contribution in [3.63, 3.8) is 0 Å². The van der Waals surface area contributed by atoms with Gasteiger partial charge in [-0.15, -0.1) is 0 Å². The number of thioether (sulfide) groups is 1. The van der Waals surface area contributed by atoms with Crippen molar-refractivity contribution in [1.29, 1.82) is 0 Å². The number of aromatic amines is 1. The van der Waals surface area contributed by atoms with E-state index in [1.807, 2.05) is 48.5 Å². The lowest BCUT2D eigenvalue weighted by Gasteiger charge is -2.04. The summed E-state index contributed by atoms with van der Waals surface area (Å²) in [6, 6.07) is 15.9. The highest BCUT2D eigenvalue weighted by atomic mass is 32.2. The van der Waals surface area contributed by atoms with Gasteiger partial charge in [0.2, 0.25) is 5.91 Å². The first-order valence-corrected chi connectivity index (χ1v) is 7.83. The zero-order valence-corrected chi connectivity index (χ0v) is 12.4. The first-order valence-electron chi connectivity index (χ1n) is 6.84. The number of rotatable bonds is 3. The maximum absolute atomic E-state index is 12.7. The molecule has 22 heavy (non-hydrogen) atoms. The Kier molecular flexibility index (Phi) is 3.16. The zero-order valence-electron chi connectivity index (χ0n) is 11.6. The summed E-state index contributed by atoms with van der Waals surface area (Å²) >= 11 is 1.35. The number of hydrogen-bond acceptors (Lipinski definition) is 4. The van der Waals surface area contributed by atoms with Crippen LogP contribution in [0.1, 0.15) is 4.79 Å². The van der Waals surface area contributed by atoms with Crippen molar-refractivity contribution >= 4 is 39.5 Å². The predicted octanol–water partition coefficient (Wildman–Crippen LogP) is 3.35. The van der Waals surface area contributed by atoms with Crippen LogP contribution < -0.4 is 0 Å². The van der Waals surface area contributed by atoms with Gasteiger partial charge < -0.3 is 0 Å². The van der Waals surface area contributed by atoms with Gasteiger partial charge in [0.1, 0.15) is 6.33 Å². The maximum atomic E-state index is 12.7. The van der Waals surface area contributed by atoms with E-state index in [-0.39, 0.29) is 5.91 Å². The van der Waals surface area contributed by atoms with E-state index in [0.717, 1.165) is 21.8 Å². The highest BCUT2D eigenvalue weighted by molar-refractivity contribution is 7.99. The molecule has 0 saturated carbocycles. The summed E-state index contributed by atoms with van der Waals surface area (Å²) in [4.78, 5) is 16.7. The van der Waals surface area contributed by atoms with Crippen molar-refractivity contribution in [2.75, 3.05) is 5.75 Å². The summed E-state index contributed by atoms with van der Waals surface area (Å²) in [5.41, 5.74) is 1.87. The molecule has 2 heterocycles. The van der Waals surface area contributed by atoms with Crippen LogP contribution in [0.4, 0.5) is 0 Å². The number of benzene rings is 2. The highest BCUT2D eigenvalue weighted by Gasteiger charge is 2.15. The van der Waals surface area contributed by atoms with Crippen LogP contribution in [0.5, 0.6) is 0 Å². The van der Waals surface area contributed by atoms with E-state index < -0.39 is 0 Å². The molecule has 2 aromatic heterocycles. The summed E-state index contributed by atoms with van der Waals surface area (Å²) in [5.74, 6) is 0.330. The molecule has 0 radical (unpaired) electrons. The van der Waals surface area contributed by atoms with Crippen LogP contribution in [-0.2, 0) is 0 Å². The topological polar surface area (TPSA) is 63.6 Å². The molecule has 108 valence electrons. The second-order valence-electron chi connectivity index (χ2n) is 4.84. The van der Waals surface area contributed by atoms with Gasteiger partial charge in [-0.2, -0.15) is 5.10 Å². The minimum absolute atomic E-state index is 0.0267. The molecule has 0 saturated heterocycles. The molecule has 4 aromatic rings. The fraction of sp³-hybridized carbons (Fsp3) is 0.0625. The molecule has 2 aromatic carbocycles. The second-order valence-corrected chi connectivity index (χ2v) is 5.81. The van der Waals surface area contributed by atoms with Crippen LogP contribution in [0.3, 0.4) is 0 Å². The van der Waals surface area contributed by atoms with E-state index in [9.17, 15) is 4.79 Å². The predicted molar refractivity (Wildman–Crippen MR) is 87.2 cm³/mol. The molecule has 0 aliphatic heterocycles. The lowest BCUT2D eigenvalue weighted by Crippen LogP contribution is -2.12. The fourth-order valence-corrected chi connectivity index (χ4v) is 3.28. The smallest absolute Gasteiger partial charge is 0.242 e. The van der Waals surface area contributed by atoms with Crippen LogP contribution in [0, 0.1) is 0 Å². The average molecular weight is 308 g/mol. The Labute approximate surface area is 130 Å². The summed E-state index contributed by atoms with van der Waals surface area (Å²) in [6.45, 7) is 0. The lowest BCUT2D eigenvalue weighted by molar-refractivity contribution is 0.0951. The van der Waals surface area contributed by atoms with E-state index in [4.69, 9.17) is 0 Å². The van der Waals surface area contributed by atoms with Gasteiger partial charge in [-0.1, -0.05) is 48.2 Å². The quantitative estimate of drug-likeness (QED) is 0.590. The molecular formula is C16H12N4OS. The molecule has 0 amide bonds. The number of hydrogen-bond donors (Lipinski definition) is 1. The lowest BCUT2D eigenvalue weighted by atomic mass is 10.2. The van der Waals surface area contributed by atoms with E-state index in [1.165, 1.54) is 18.1 Å². The monoisotopic (exact) mass is 308 g/mol. The minimum Gasteiger partial charge on any atom is -0.279 e. The van der Waals surface area contributed by atoms with Gasteiger partial charge in [0, 0.05) is 10.8 Å². The number of para-hydroxylation sites is 2. The Bertz CT molecular complexity index is 906. The van der Waals surface area contributed by atoms with Crippen molar-refractivity contribution in [3.05, 3.63) is 54.9 Å². The number of carbonyl (C=O) groups excluding carboxylic acids is 1. The molecule has 0 spiro atoms. The van der Waals surface area contributed by atoms with E-state index in [1.54, 1.807) is 4.57 Å². The molecule has 0 aliphatic carbocycles. The Morgan fingerprint density at radius 2 is 1.68 bits per heavy atom. The van der Waals surface area contributed by atoms with Crippen LogP contribution in [-0.4, -0.2) is 31.4 Å². The minimum atomic E-state index is 0.0267. The van der Waals surface area contributed by atoms with Gasteiger partial charge in [-0.3, -0.25) is 14.5 Å². The Balaban J connectivity index is 1.80. The molecule has 0 aliphatic rings. The first kappa shape index (κ1) is 13.1. The van der Waals surface area contributed by atoms with E-state index in [2.05, 4.69) is 15.2 Å². The Morgan fingerprint density at radius 3 is 2.27 bits per heavy atom. The molecule has 6 heteroatoms.